The number of Topliss-reactive ketones (excluding diaryl/α,β-unsaturated/α-hetero) is 1. The lowest BCUT2D eigenvalue weighted by Gasteiger charge is -2.44. The molecule has 15 heteroatoms. The van der Waals surface area contributed by atoms with Crippen LogP contribution in [-0.4, -0.2) is 130 Å². The Hall–Kier alpha value is -2.62. The Bertz CT molecular complexity index is 1320. The molecule has 14 nitrogen and oxygen atoms in total. The third kappa shape index (κ3) is 8.90. The third-order valence-electron chi connectivity index (χ3n) is 10.7. The van der Waals surface area contributed by atoms with Crippen LogP contribution in [0.1, 0.15) is 65.7 Å². The van der Waals surface area contributed by atoms with Gasteiger partial charge in [-0.3, -0.25) is 23.7 Å². The number of carbonyl (C=O) groups excluding carboxylic acids is 5. The van der Waals surface area contributed by atoms with E-state index in [-0.39, 0.29) is 35.6 Å². The van der Waals surface area contributed by atoms with Gasteiger partial charge in [0.2, 0.25) is 17.6 Å². The first-order valence-corrected chi connectivity index (χ1v) is 19.4. The van der Waals surface area contributed by atoms with Crippen LogP contribution in [0.15, 0.2) is 0 Å². The van der Waals surface area contributed by atoms with Crippen LogP contribution in [0.4, 0.5) is 4.79 Å². The lowest BCUT2D eigenvalue weighted by molar-refractivity contribution is -0.144. The zero-order valence-corrected chi connectivity index (χ0v) is 30.2. The van der Waals surface area contributed by atoms with E-state index in [2.05, 4.69) is 16.0 Å². The molecule has 6 N–H and O–H groups in total. The highest BCUT2D eigenvalue weighted by atomic mass is 32.3. The maximum absolute atomic E-state index is 14.5. The molecule has 3 saturated carbocycles. The predicted molar refractivity (Wildman–Crippen MR) is 179 cm³/mol. The molecule has 6 atom stereocenters. The van der Waals surface area contributed by atoms with Gasteiger partial charge in [-0.15, -0.1) is 9.53 Å². The topological polar surface area (TPSA) is 194 Å². The number of rotatable bonds is 14. The van der Waals surface area contributed by atoms with E-state index in [1.807, 2.05) is 39.8 Å². The summed E-state index contributed by atoms with van der Waals surface area (Å²) in [6, 6.07) is -4.04. The molecular formula is C32H57N7O7S. The predicted octanol–water partition coefficient (Wildman–Crippen LogP) is 0.387. The number of carbonyl (C=O) groups is 5. The van der Waals surface area contributed by atoms with Crippen molar-refractivity contribution in [1.82, 2.24) is 30.1 Å². The number of nitrogens with one attached hydrogen (secondary N) is 3. The molecule has 0 bridgehead atoms. The highest BCUT2D eigenvalue weighted by Gasteiger charge is 2.64. The standard InChI is InChI=1S/C32H57N7O7S/c1-31(2,3)26(36-30(44)34-20(16-37(4)5)17-38(6)47(7,8,45)46)29(43)39-18-22-21(11-12-32(22)13-14-32)24(39)28(42)35-23(15-19-9-10-19)25(40)27(33)41/h19-24,26H,9-18H2,1-8H3,(H2,33,41)(H,35,42)(H,45,46)(H2,34,36,44)/t20-,21-,22-,23?,24-,26+/m0/s1. The van der Waals surface area contributed by atoms with E-state index in [1.165, 1.54) is 23.9 Å². The number of nitrogens with zero attached hydrogens (tertiary/aromatic N) is 3. The van der Waals surface area contributed by atoms with Gasteiger partial charge in [0.15, 0.2) is 0 Å². The number of hydrogen-bond donors (Lipinski definition) is 5. The molecule has 0 aromatic carbocycles. The first-order valence-electron chi connectivity index (χ1n) is 16.7. The number of primary amides is 1. The minimum atomic E-state index is -4.05. The van der Waals surface area contributed by atoms with Crippen LogP contribution in [0, 0.1) is 28.6 Å². The van der Waals surface area contributed by atoms with Gasteiger partial charge in [-0.2, -0.15) is 4.21 Å². The monoisotopic (exact) mass is 683 g/mol. The number of hydrogen-bond acceptors (Lipinski definition) is 7. The summed E-state index contributed by atoms with van der Waals surface area (Å²) >= 11 is 0. The molecule has 47 heavy (non-hydrogen) atoms. The third-order valence-corrected chi connectivity index (χ3v) is 12.6. The van der Waals surface area contributed by atoms with Gasteiger partial charge >= 0.3 is 6.03 Å². The molecule has 1 spiro atoms. The molecule has 3 aliphatic carbocycles. The molecule has 1 aliphatic heterocycles. The van der Waals surface area contributed by atoms with Gasteiger partial charge < -0.3 is 31.5 Å². The number of urea groups is 1. The number of amides is 5. The second-order valence-corrected chi connectivity index (χ2v) is 20.5. The fourth-order valence-electron chi connectivity index (χ4n) is 7.54. The molecule has 4 aliphatic rings. The average Bonchev–Trinajstić information content (AvgIpc) is 3.83. The number of fused-ring (bicyclic) bond motifs is 2. The maximum atomic E-state index is 14.5. The molecular weight excluding hydrogens is 626 g/mol. The highest BCUT2D eigenvalue weighted by Crippen LogP contribution is 2.66. The first-order chi connectivity index (χ1) is 21.5. The lowest BCUT2D eigenvalue weighted by atomic mass is 9.85. The van der Waals surface area contributed by atoms with E-state index >= 15 is 0 Å². The lowest BCUT2D eigenvalue weighted by Crippen LogP contribution is -2.62. The fraction of sp³-hybridized carbons (Fsp3) is 0.844. The molecule has 1 heterocycles. The molecule has 4 rings (SSSR count). The van der Waals surface area contributed by atoms with Crippen LogP contribution in [0.25, 0.3) is 0 Å². The quantitative estimate of drug-likeness (QED) is 0.162. The molecule has 0 radical (unpaired) electrons. The van der Waals surface area contributed by atoms with E-state index < -0.39 is 62.7 Å². The van der Waals surface area contributed by atoms with Crippen molar-refractivity contribution in [3.05, 3.63) is 0 Å². The molecule has 268 valence electrons. The summed E-state index contributed by atoms with van der Waals surface area (Å²) in [6.07, 6.45) is 8.55. The van der Waals surface area contributed by atoms with Gasteiger partial charge in [0.05, 0.1) is 12.1 Å². The van der Waals surface area contributed by atoms with E-state index in [0.717, 1.165) is 38.5 Å². The van der Waals surface area contributed by atoms with E-state index in [1.54, 1.807) is 4.90 Å². The van der Waals surface area contributed by atoms with Crippen LogP contribution in [0.3, 0.4) is 0 Å². The molecule has 5 amide bonds. The van der Waals surface area contributed by atoms with Gasteiger partial charge in [-0.05, 0) is 74.8 Å². The Kier molecular flexibility index (Phi) is 10.3. The van der Waals surface area contributed by atoms with Crippen molar-refractivity contribution >= 4 is 39.1 Å². The summed E-state index contributed by atoms with van der Waals surface area (Å²) in [5, 5.41) is 8.58. The largest absolute Gasteiger partial charge is 0.363 e. The highest BCUT2D eigenvalue weighted by molar-refractivity contribution is 8.11. The number of nitrogens with two attached hydrogens (primary N) is 1. The minimum absolute atomic E-state index is 0.0838. The maximum Gasteiger partial charge on any atom is 0.315 e. The minimum Gasteiger partial charge on any atom is -0.363 e. The molecule has 0 aromatic heterocycles. The smallest absolute Gasteiger partial charge is 0.315 e. The summed E-state index contributed by atoms with van der Waals surface area (Å²) in [6.45, 7) is 6.36. The molecule has 1 unspecified atom stereocenters. The fourth-order valence-corrected chi connectivity index (χ4v) is 8.14. The second-order valence-electron chi connectivity index (χ2n) is 16.5. The normalized spacial score (nSPS) is 26.2. The van der Waals surface area contributed by atoms with Crippen LogP contribution >= 0.6 is 0 Å². The van der Waals surface area contributed by atoms with Crippen LogP contribution in [-0.2, 0) is 28.7 Å². The Balaban J connectivity index is 1.56. The van der Waals surface area contributed by atoms with Gasteiger partial charge in [0.25, 0.3) is 5.91 Å². The van der Waals surface area contributed by atoms with Gasteiger partial charge in [0, 0.05) is 39.2 Å². The van der Waals surface area contributed by atoms with Gasteiger partial charge in [-0.25, -0.2) is 9.10 Å². The Morgan fingerprint density at radius 2 is 1.60 bits per heavy atom. The Labute approximate surface area is 279 Å². The number of likely N-dealkylation sites (tertiary alicyclic amines) is 1. The van der Waals surface area contributed by atoms with Crippen molar-refractivity contribution in [2.24, 2.45) is 34.3 Å². The molecule has 0 aromatic rings. The zero-order valence-electron chi connectivity index (χ0n) is 29.3. The summed E-state index contributed by atoms with van der Waals surface area (Å²) in [7, 11) is 1.12. The molecule has 4 fully saturated rings. The summed E-state index contributed by atoms with van der Waals surface area (Å²) < 4.78 is 24.5. The van der Waals surface area contributed by atoms with Crippen molar-refractivity contribution in [1.29, 1.82) is 0 Å². The van der Waals surface area contributed by atoms with Crippen LogP contribution in [0.5, 0.6) is 0 Å². The van der Waals surface area contributed by atoms with E-state index in [9.17, 15) is 32.7 Å². The number of ketones is 1. The van der Waals surface area contributed by atoms with Gasteiger partial charge in [-0.1, -0.05) is 33.6 Å². The van der Waals surface area contributed by atoms with Crippen LogP contribution in [0.2, 0.25) is 0 Å². The van der Waals surface area contributed by atoms with Crippen molar-refractivity contribution in [2.75, 3.05) is 53.3 Å². The van der Waals surface area contributed by atoms with Crippen molar-refractivity contribution < 1.29 is 32.7 Å². The second kappa shape index (κ2) is 13.0. The Morgan fingerprint density at radius 1 is 0.979 bits per heavy atom. The van der Waals surface area contributed by atoms with E-state index in [4.69, 9.17) is 5.73 Å². The van der Waals surface area contributed by atoms with Crippen LogP contribution < -0.4 is 21.7 Å². The summed E-state index contributed by atoms with van der Waals surface area (Å²) in [4.78, 5) is 70.1. The molecule has 1 saturated heterocycles. The average molecular weight is 684 g/mol. The Morgan fingerprint density at radius 3 is 2.09 bits per heavy atom. The first kappa shape index (κ1) is 37.2. The van der Waals surface area contributed by atoms with Crippen molar-refractivity contribution in [2.45, 2.75) is 89.9 Å². The van der Waals surface area contributed by atoms with E-state index in [0.29, 0.717) is 19.5 Å². The van der Waals surface area contributed by atoms with Crippen molar-refractivity contribution in [3.63, 3.8) is 0 Å². The van der Waals surface area contributed by atoms with Gasteiger partial charge in [0.1, 0.15) is 12.1 Å². The number of likely N-dealkylation sites (N-methyl/N-ethyl adjacent to an activating group) is 2. The summed E-state index contributed by atoms with van der Waals surface area (Å²) in [5.41, 5.74) is 4.71. The zero-order chi connectivity index (χ0) is 35.3. The van der Waals surface area contributed by atoms with Crippen molar-refractivity contribution in [3.8, 4) is 0 Å². The SMILES string of the molecule is CN(C)C[C@@H](CN(C)S(C)(C)(=O)O)NC(=O)N[C@H](C(=O)N1C[C@H]2[C@H](CCC23CC3)[C@H]1C(=O)NC(CC1CC1)C(=O)C(N)=O)C(C)(C)C. The summed E-state index contributed by atoms with van der Waals surface area (Å²) in [5.74, 6) is -2.49.